The maximum absolute atomic E-state index is 13.6. The molecule has 178 valence electrons. The summed E-state index contributed by atoms with van der Waals surface area (Å²) in [6, 6.07) is 14.9. The zero-order chi connectivity index (χ0) is 24.3. The van der Waals surface area contributed by atoms with Crippen LogP contribution in [0.3, 0.4) is 0 Å². The lowest BCUT2D eigenvalue weighted by molar-refractivity contribution is -0.158. The molecule has 6 nitrogen and oxygen atoms in total. The highest BCUT2D eigenvalue weighted by Gasteiger charge is 2.68. The molecule has 1 aliphatic heterocycles. The number of rotatable bonds is 7. The van der Waals surface area contributed by atoms with E-state index in [1.807, 2.05) is 30.3 Å². The average Bonchev–Trinajstić information content (AvgIpc) is 3.65. The minimum atomic E-state index is -1.10. The Morgan fingerprint density at radius 1 is 0.914 bits per heavy atom. The second-order valence-corrected chi connectivity index (χ2v) is 10.9. The van der Waals surface area contributed by atoms with Crippen molar-refractivity contribution in [2.45, 2.75) is 18.9 Å². The van der Waals surface area contributed by atoms with Crippen LogP contribution in [0.15, 0.2) is 71.2 Å². The number of likely N-dealkylation sites (tertiary alicyclic amines) is 1. The van der Waals surface area contributed by atoms with Gasteiger partial charge < -0.3 is 4.74 Å². The molecule has 7 rings (SSSR count). The number of halogens is 1. The number of ether oxygens (including phenoxy) is 1. The number of nitrogens with zero attached hydrogens (tertiary/aromatic N) is 1. The third-order valence-corrected chi connectivity index (χ3v) is 8.59. The Bertz CT molecular complexity index is 1200. The van der Waals surface area contributed by atoms with E-state index in [0.29, 0.717) is 17.4 Å². The molecule has 35 heavy (non-hydrogen) atoms. The maximum Gasteiger partial charge on any atom is 0.330 e. The van der Waals surface area contributed by atoms with Crippen molar-refractivity contribution in [3.8, 4) is 0 Å². The van der Waals surface area contributed by atoms with E-state index in [2.05, 4.69) is 28.1 Å². The fourth-order valence-corrected chi connectivity index (χ4v) is 6.62. The highest BCUT2D eigenvalue weighted by Crippen LogP contribution is 2.65. The molecule has 1 heterocycles. The first-order valence-corrected chi connectivity index (χ1v) is 12.8. The van der Waals surface area contributed by atoms with Gasteiger partial charge in [-0.1, -0.05) is 70.5 Å². The summed E-state index contributed by atoms with van der Waals surface area (Å²) in [4.78, 5) is 54.3. The first kappa shape index (κ1) is 22.4. The third kappa shape index (κ3) is 3.77. The predicted octanol–water partition coefficient (Wildman–Crippen LogP) is 3.84. The Labute approximate surface area is 211 Å². The van der Waals surface area contributed by atoms with E-state index in [4.69, 9.17) is 4.74 Å². The van der Waals surface area contributed by atoms with Gasteiger partial charge in [0.2, 0.25) is 11.8 Å². The van der Waals surface area contributed by atoms with Crippen molar-refractivity contribution < 1.29 is 23.9 Å². The van der Waals surface area contributed by atoms with Crippen LogP contribution >= 0.6 is 15.9 Å². The van der Waals surface area contributed by atoms with E-state index in [9.17, 15) is 19.2 Å². The van der Waals surface area contributed by atoms with E-state index in [-0.39, 0.29) is 35.9 Å². The Balaban J connectivity index is 1.25. The summed E-state index contributed by atoms with van der Waals surface area (Å²) in [5.74, 6) is -1.31. The van der Waals surface area contributed by atoms with Crippen molar-refractivity contribution in [1.29, 1.82) is 0 Å². The molecule has 3 fully saturated rings. The minimum Gasteiger partial charge on any atom is -0.456 e. The van der Waals surface area contributed by atoms with E-state index < -0.39 is 30.5 Å². The standard InChI is InChI=1S/C28H24BrNO5/c29-17-8-6-16(7-9-17)23(31)14-35-28(34)22(12-15-4-2-1-3-5-15)30-26(32)24-18-10-11-19(21-13-20(18)21)25(24)27(30)33/h1-11,18-22,24-25H,12-14H2/t18-,19-,20-,21-,22+,24+,25+/m1/s1. The van der Waals surface area contributed by atoms with Crippen LogP contribution in [-0.2, 0) is 25.5 Å². The molecule has 4 aliphatic carbocycles. The first-order chi connectivity index (χ1) is 16.9. The van der Waals surface area contributed by atoms with Crippen LogP contribution < -0.4 is 0 Å². The lowest BCUT2D eigenvalue weighted by atomic mass is 9.63. The zero-order valence-electron chi connectivity index (χ0n) is 18.9. The monoisotopic (exact) mass is 533 g/mol. The van der Waals surface area contributed by atoms with Gasteiger partial charge in [-0.2, -0.15) is 0 Å². The number of benzene rings is 2. The topological polar surface area (TPSA) is 80.8 Å². The van der Waals surface area contributed by atoms with Crippen molar-refractivity contribution in [2.75, 3.05) is 6.61 Å². The van der Waals surface area contributed by atoms with Gasteiger partial charge in [0, 0.05) is 16.5 Å². The van der Waals surface area contributed by atoms with Gasteiger partial charge in [0.1, 0.15) is 6.04 Å². The Kier molecular flexibility index (Phi) is 5.48. The molecule has 2 amide bonds. The summed E-state index contributed by atoms with van der Waals surface area (Å²) in [6.45, 7) is -0.453. The van der Waals surface area contributed by atoms with Crippen LogP contribution in [0.2, 0.25) is 0 Å². The van der Waals surface area contributed by atoms with Crippen molar-refractivity contribution in [3.63, 3.8) is 0 Å². The Morgan fingerprint density at radius 3 is 2.11 bits per heavy atom. The first-order valence-electron chi connectivity index (χ1n) is 12.0. The van der Waals surface area contributed by atoms with Crippen molar-refractivity contribution in [2.24, 2.45) is 35.5 Å². The second-order valence-electron chi connectivity index (χ2n) is 9.94. The molecule has 0 aromatic heterocycles. The molecule has 2 saturated carbocycles. The molecule has 7 heteroatoms. The van der Waals surface area contributed by atoms with Crippen LogP contribution in [0.4, 0.5) is 0 Å². The number of carbonyl (C=O) groups excluding carboxylic acids is 4. The molecule has 7 atom stereocenters. The molecule has 5 aliphatic rings. The lowest BCUT2D eigenvalue weighted by Crippen LogP contribution is -2.48. The molecule has 0 radical (unpaired) electrons. The third-order valence-electron chi connectivity index (χ3n) is 8.06. The lowest BCUT2D eigenvalue weighted by Gasteiger charge is -2.37. The van der Waals surface area contributed by atoms with E-state index in [1.54, 1.807) is 24.3 Å². The van der Waals surface area contributed by atoms with Gasteiger partial charge in [-0.25, -0.2) is 4.79 Å². The number of amides is 2. The summed E-state index contributed by atoms with van der Waals surface area (Å²) < 4.78 is 6.26. The Hall–Kier alpha value is -3.06. The predicted molar refractivity (Wildman–Crippen MR) is 130 cm³/mol. The molecular weight excluding hydrogens is 510 g/mol. The average molecular weight is 534 g/mol. The molecule has 1 saturated heterocycles. The van der Waals surface area contributed by atoms with Gasteiger partial charge in [-0.3, -0.25) is 19.3 Å². The van der Waals surface area contributed by atoms with Gasteiger partial charge >= 0.3 is 5.97 Å². The van der Waals surface area contributed by atoms with Crippen LogP contribution in [0.1, 0.15) is 22.3 Å². The highest BCUT2D eigenvalue weighted by molar-refractivity contribution is 9.10. The number of esters is 1. The van der Waals surface area contributed by atoms with Crippen LogP contribution in [0, 0.1) is 35.5 Å². The number of hydrogen-bond donors (Lipinski definition) is 0. The second kappa shape index (κ2) is 8.55. The van der Waals surface area contributed by atoms with Crippen molar-refractivity contribution in [1.82, 2.24) is 4.90 Å². The molecule has 0 N–H and O–H groups in total. The summed E-state index contributed by atoms with van der Waals surface area (Å²) >= 11 is 3.33. The summed E-state index contributed by atoms with van der Waals surface area (Å²) in [5.41, 5.74) is 1.23. The van der Waals surface area contributed by atoms with Gasteiger partial charge in [0.25, 0.3) is 0 Å². The number of imide groups is 1. The van der Waals surface area contributed by atoms with E-state index in [1.165, 1.54) is 0 Å². The quantitative estimate of drug-likeness (QED) is 0.234. The van der Waals surface area contributed by atoms with Crippen molar-refractivity contribution >= 4 is 39.5 Å². The molecule has 0 unspecified atom stereocenters. The summed E-state index contributed by atoms with van der Waals surface area (Å²) in [7, 11) is 0. The number of carbonyl (C=O) groups is 4. The number of ketones is 1. The number of hydrogen-bond acceptors (Lipinski definition) is 5. The van der Waals surface area contributed by atoms with Crippen molar-refractivity contribution in [3.05, 3.63) is 82.3 Å². The van der Waals surface area contributed by atoms with E-state index in [0.717, 1.165) is 21.4 Å². The normalized spacial score (nSPS) is 30.6. The van der Waals surface area contributed by atoms with Crippen LogP contribution in [-0.4, -0.2) is 41.1 Å². The highest BCUT2D eigenvalue weighted by atomic mass is 79.9. The fraction of sp³-hybridized carbons (Fsp3) is 0.357. The SMILES string of the molecule is O=C(COC(=O)[C@H](Cc1ccccc1)N1C(=O)[C@H]2[C@@H]3C=C[C@H]([C@H]4C[C@H]34)[C@@H]2C1=O)c1ccc(Br)cc1. The summed E-state index contributed by atoms with van der Waals surface area (Å²) in [5, 5.41) is 0. The summed E-state index contributed by atoms with van der Waals surface area (Å²) in [6.07, 6.45) is 5.44. The fourth-order valence-electron chi connectivity index (χ4n) is 6.36. The number of Topliss-reactive ketones (excluding diaryl/α,β-unsaturated/α-hetero) is 1. The smallest absolute Gasteiger partial charge is 0.330 e. The molecule has 2 bridgehead atoms. The minimum absolute atomic E-state index is 0.0730. The van der Waals surface area contributed by atoms with Crippen LogP contribution in [0.5, 0.6) is 0 Å². The van der Waals surface area contributed by atoms with Gasteiger partial charge in [-0.15, -0.1) is 0 Å². The van der Waals surface area contributed by atoms with Gasteiger partial charge in [0.05, 0.1) is 11.8 Å². The van der Waals surface area contributed by atoms with E-state index >= 15 is 0 Å². The van der Waals surface area contributed by atoms with Gasteiger partial charge in [-0.05, 0) is 47.8 Å². The largest absolute Gasteiger partial charge is 0.456 e. The maximum atomic E-state index is 13.6. The Morgan fingerprint density at radius 2 is 1.51 bits per heavy atom. The number of allylic oxidation sites excluding steroid dienone is 2. The molecule has 2 aromatic rings. The molecular formula is C28H24BrNO5. The molecule has 0 spiro atoms. The van der Waals surface area contributed by atoms with Crippen LogP contribution in [0.25, 0.3) is 0 Å². The van der Waals surface area contributed by atoms with Gasteiger partial charge in [0.15, 0.2) is 12.4 Å². The molecule has 2 aromatic carbocycles. The zero-order valence-corrected chi connectivity index (χ0v) is 20.5.